The molecule has 0 aliphatic rings. The van der Waals surface area contributed by atoms with Gasteiger partial charge in [0.25, 0.3) is 0 Å². The number of amides is 1. The molecule has 0 saturated carbocycles. The van der Waals surface area contributed by atoms with Crippen molar-refractivity contribution in [1.82, 2.24) is 10.3 Å². The van der Waals surface area contributed by atoms with Crippen LogP contribution < -0.4 is 10.2 Å². The molecule has 1 amide bonds. The zero-order chi connectivity index (χ0) is 14.5. The normalized spacial score (nSPS) is 11.0. The number of nitrogens with one attached hydrogen (secondary N) is 1. The zero-order valence-electron chi connectivity index (χ0n) is 12.4. The smallest absolute Gasteiger partial charge is 0.407 e. The summed E-state index contributed by atoms with van der Waals surface area (Å²) in [5, 5.41) is 2.72. The number of nitrogens with zero attached hydrogens (tertiary/aromatic N) is 2. The molecule has 0 aliphatic heterocycles. The van der Waals surface area contributed by atoms with E-state index in [2.05, 4.69) is 10.3 Å². The lowest BCUT2D eigenvalue weighted by Gasteiger charge is -2.21. The molecule has 1 rings (SSSR count). The summed E-state index contributed by atoms with van der Waals surface area (Å²) < 4.78 is 5.16. The Labute approximate surface area is 115 Å². The fourth-order valence-electron chi connectivity index (χ4n) is 1.44. The van der Waals surface area contributed by atoms with Crippen LogP contribution in [0.15, 0.2) is 18.3 Å². The second-order valence-electron chi connectivity index (χ2n) is 5.54. The molecule has 106 valence electrons. The molecule has 0 fully saturated rings. The summed E-state index contributed by atoms with van der Waals surface area (Å²) in [6.45, 7) is 8.72. The predicted molar refractivity (Wildman–Crippen MR) is 76.5 cm³/mol. The lowest BCUT2D eigenvalue weighted by Crippen LogP contribution is -2.37. The molecule has 0 spiro atoms. The third-order valence-corrected chi connectivity index (χ3v) is 2.40. The van der Waals surface area contributed by atoms with Gasteiger partial charge in [-0.2, -0.15) is 0 Å². The SMILES string of the molecule is Cc1ccc(N(C)CCNC(=O)OC(C)(C)C)nc1. The van der Waals surface area contributed by atoms with Crippen LogP contribution in [-0.4, -0.2) is 36.8 Å². The van der Waals surface area contributed by atoms with E-state index in [1.165, 1.54) is 0 Å². The zero-order valence-corrected chi connectivity index (χ0v) is 12.4. The van der Waals surface area contributed by atoms with E-state index in [1.54, 1.807) is 0 Å². The Morgan fingerprint density at radius 1 is 1.42 bits per heavy atom. The number of likely N-dealkylation sites (N-methyl/N-ethyl adjacent to an activating group) is 1. The van der Waals surface area contributed by atoms with Crippen LogP contribution in [0.2, 0.25) is 0 Å². The second kappa shape index (κ2) is 6.41. The largest absolute Gasteiger partial charge is 0.444 e. The van der Waals surface area contributed by atoms with Crippen LogP contribution in [-0.2, 0) is 4.74 Å². The first kappa shape index (κ1) is 15.3. The monoisotopic (exact) mass is 265 g/mol. The molecular weight excluding hydrogens is 242 g/mol. The standard InChI is InChI=1S/C14H23N3O2/c1-11-6-7-12(16-10-11)17(5)9-8-15-13(18)19-14(2,3)4/h6-7,10H,8-9H2,1-5H3,(H,15,18). The predicted octanol–water partition coefficient (Wildman–Crippen LogP) is 2.35. The molecule has 0 bridgehead atoms. The van der Waals surface area contributed by atoms with Gasteiger partial charge in [-0.1, -0.05) is 6.07 Å². The Hall–Kier alpha value is -1.78. The van der Waals surface area contributed by atoms with E-state index in [4.69, 9.17) is 4.74 Å². The summed E-state index contributed by atoms with van der Waals surface area (Å²) in [5.41, 5.74) is 0.665. The van der Waals surface area contributed by atoms with E-state index >= 15 is 0 Å². The molecule has 1 aromatic heterocycles. The van der Waals surface area contributed by atoms with Crippen molar-refractivity contribution in [3.8, 4) is 0 Å². The Morgan fingerprint density at radius 3 is 2.63 bits per heavy atom. The number of carbonyl (C=O) groups excluding carboxylic acids is 1. The maximum atomic E-state index is 11.5. The summed E-state index contributed by atoms with van der Waals surface area (Å²) in [6.07, 6.45) is 1.44. The molecular formula is C14H23N3O2. The van der Waals surface area contributed by atoms with Gasteiger partial charge in [-0.15, -0.1) is 0 Å². The van der Waals surface area contributed by atoms with Crippen LogP contribution in [0.25, 0.3) is 0 Å². The maximum Gasteiger partial charge on any atom is 0.407 e. The highest BCUT2D eigenvalue weighted by Crippen LogP contribution is 2.08. The summed E-state index contributed by atoms with van der Waals surface area (Å²) in [4.78, 5) is 17.8. The van der Waals surface area contributed by atoms with Gasteiger partial charge in [0, 0.05) is 26.3 Å². The van der Waals surface area contributed by atoms with Crippen LogP contribution >= 0.6 is 0 Å². The van der Waals surface area contributed by atoms with E-state index in [0.717, 1.165) is 11.4 Å². The van der Waals surface area contributed by atoms with Crippen LogP contribution in [0.3, 0.4) is 0 Å². The topological polar surface area (TPSA) is 54.5 Å². The first-order chi connectivity index (χ1) is 8.78. The van der Waals surface area contributed by atoms with Crippen molar-refractivity contribution in [3.05, 3.63) is 23.9 Å². The van der Waals surface area contributed by atoms with Gasteiger partial charge in [0.1, 0.15) is 11.4 Å². The van der Waals surface area contributed by atoms with Gasteiger partial charge >= 0.3 is 6.09 Å². The lowest BCUT2D eigenvalue weighted by molar-refractivity contribution is 0.0529. The van der Waals surface area contributed by atoms with Gasteiger partial charge in [0.2, 0.25) is 0 Å². The van der Waals surface area contributed by atoms with Gasteiger partial charge in [-0.25, -0.2) is 9.78 Å². The molecule has 1 N–H and O–H groups in total. The Bertz CT molecular complexity index is 410. The maximum absolute atomic E-state index is 11.5. The molecule has 19 heavy (non-hydrogen) atoms. The summed E-state index contributed by atoms with van der Waals surface area (Å²) in [6, 6.07) is 3.98. The van der Waals surface area contributed by atoms with E-state index in [-0.39, 0.29) is 0 Å². The highest BCUT2D eigenvalue weighted by Gasteiger charge is 2.15. The number of carbonyl (C=O) groups is 1. The summed E-state index contributed by atoms with van der Waals surface area (Å²) >= 11 is 0. The highest BCUT2D eigenvalue weighted by atomic mass is 16.6. The third-order valence-electron chi connectivity index (χ3n) is 2.40. The van der Waals surface area contributed by atoms with Crippen molar-refractivity contribution >= 4 is 11.9 Å². The van der Waals surface area contributed by atoms with Crippen molar-refractivity contribution in [2.75, 3.05) is 25.0 Å². The van der Waals surface area contributed by atoms with Gasteiger partial charge in [-0.3, -0.25) is 0 Å². The molecule has 0 aromatic carbocycles. The molecule has 0 atom stereocenters. The minimum absolute atomic E-state index is 0.391. The van der Waals surface area contributed by atoms with E-state index in [0.29, 0.717) is 13.1 Å². The number of aromatic nitrogens is 1. The van der Waals surface area contributed by atoms with Crippen molar-refractivity contribution < 1.29 is 9.53 Å². The average molecular weight is 265 g/mol. The number of aryl methyl sites for hydroxylation is 1. The highest BCUT2D eigenvalue weighted by molar-refractivity contribution is 5.67. The molecule has 1 aromatic rings. The van der Waals surface area contributed by atoms with Crippen LogP contribution in [0.4, 0.5) is 10.6 Å². The molecule has 5 heteroatoms. The summed E-state index contributed by atoms with van der Waals surface area (Å²) in [7, 11) is 1.94. The first-order valence-corrected chi connectivity index (χ1v) is 6.38. The molecule has 1 heterocycles. The minimum Gasteiger partial charge on any atom is -0.444 e. The second-order valence-corrected chi connectivity index (χ2v) is 5.54. The fraction of sp³-hybridized carbons (Fsp3) is 0.571. The number of ether oxygens (including phenoxy) is 1. The van der Waals surface area contributed by atoms with Crippen LogP contribution in [0.5, 0.6) is 0 Å². The summed E-state index contributed by atoms with van der Waals surface area (Å²) in [5.74, 6) is 0.886. The molecule has 0 saturated heterocycles. The van der Waals surface area contributed by atoms with Crippen LogP contribution in [0, 0.1) is 6.92 Å². The Kier molecular flexibility index (Phi) is 5.15. The van der Waals surface area contributed by atoms with Crippen molar-refractivity contribution in [1.29, 1.82) is 0 Å². The Balaban J connectivity index is 2.33. The average Bonchev–Trinajstić information content (AvgIpc) is 2.27. The van der Waals surface area contributed by atoms with Crippen molar-refractivity contribution in [3.63, 3.8) is 0 Å². The van der Waals surface area contributed by atoms with Gasteiger partial charge in [0.05, 0.1) is 0 Å². The Morgan fingerprint density at radius 2 is 2.11 bits per heavy atom. The van der Waals surface area contributed by atoms with Gasteiger partial charge in [0.15, 0.2) is 0 Å². The van der Waals surface area contributed by atoms with E-state index < -0.39 is 11.7 Å². The van der Waals surface area contributed by atoms with Gasteiger partial charge < -0.3 is 15.0 Å². The first-order valence-electron chi connectivity index (χ1n) is 6.38. The number of hydrogen-bond acceptors (Lipinski definition) is 4. The molecule has 0 radical (unpaired) electrons. The van der Waals surface area contributed by atoms with E-state index in [1.807, 2.05) is 58.0 Å². The quantitative estimate of drug-likeness (QED) is 0.908. The number of alkyl carbamates (subject to hydrolysis) is 1. The number of rotatable bonds is 4. The minimum atomic E-state index is -0.464. The van der Waals surface area contributed by atoms with Crippen molar-refractivity contribution in [2.45, 2.75) is 33.3 Å². The molecule has 0 unspecified atom stereocenters. The molecule has 0 aliphatic carbocycles. The van der Waals surface area contributed by atoms with Crippen molar-refractivity contribution in [2.24, 2.45) is 0 Å². The van der Waals surface area contributed by atoms with Gasteiger partial charge in [-0.05, 0) is 39.3 Å². The third kappa shape index (κ3) is 6.08. The number of hydrogen-bond donors (Lipinski definition) is 1. The number of anilines is 1. The lowest BCUT2D eigenvalue weighted by atomic mass is 10.2. The van der Waals surface area contributed by atoms with Crippen LogP contribution in [0.1, 0.15) is 26.3 Å². The fourth-order valence-corrected chi connectivity index (χ4v) is 1.44. The molecule has 5 nitrogen and oxygen atoms in total. The number of pyridine rings is 1. The van der Waals surface area contributed by atoms with E-state index in [9.17, 15) is 4.79 Å².